The van der Waals surface area contributed by atoms with Crippen LogP contribution in [0.1, 0.15) is 11.1 Å². The van der Waals surface area contributed by atoms with E-state index in [1.165, 1.54) is 11.1 Å². The molecule has 0 amide bonds. The zero-order chi connectivity index (χ0) is 26.1. The largest absolute Gasteiger partial charge is 0.375 e. The van der Waals surface area contributed by atoms with E-state index < -0.39 is 18.2 Å². The van der Waals surface area contributed by atoms with Crippen LogP contribution >= 0.6 is 9.06 Å². The molecular formula is C32H30O3S2. The normalized spacial score (nSPS) is 11.6. The second-order valence-electron chi connectivity index (χ2n) is 8.45. The lowest BCUT2D eigenvalue weighted by Gasteiger charge is -2.38. The SMILES string of the molecule is Cc1ccc(C)cc1.O=S(=O)(Oc1ccccc1)S(c1ccccc1)(c1ccccc1)c1ccccc1. The third-order valence-corrected chi connectivity index (χ3v) is 13.3. The molecule has 0 bridgehead atoms. The van der Waals surface area contributed by atoms with Crippen LogP contribution in [0.15, 0.2) is 160 Å². The summed E-state index contributed by atoms with van der Waals surface area (Å²) in [5, 5.41) is 0. The van der Waals surface area contributed by atoms with E-state index in [4.69, 9.17) is 4.18 Å². The first-order chi connectivity index (χ1) is 17.9. The number of para-hydroxylation sites is 1. The fourth-order valence-corrected chi connectivity index (χ4v) is 11.1. The molecule has 0 aliphatic carbocycles. The van der Waals surface area contributed by atoms with E-state index in [9.17, 15) is 8.42 Å². The van der Waals surface area contributed by atoms with Gasteiger partial charge in [-0.1, -0.05) is 108 Å². The van der Waals surface area contributed by atoms with Crippen LogP contribution in [0.2, 0.25) is 0 Å². The minimum atomic E-state index is -4.11. The molecule has 0 fully saturated rings. The second kappa shape index (κ2) is 12.0. The maximum atomic E-state index is 14.0. The van der Waals surface area contributed by atoms with Gasteiger partial charge in [-0.3, -0.25) is 0 Å². The molecule has 0 aliphatic heterocycles. The van der Waals surface area contributed by atoms with Crippen LogP contribution in [0.25, 0.3) is 0 Å². The molecule has 37 heavy (non-hydrogen) atoms. The predicted molar refractivity (Wildman–Crippen MR) is 154 cm³/mol. The average molecular weight is 527 g/mol. The molecule has 0 unspecified atom stereocenters. The number of hydrogen-bond acceptors (Lipinski definition) is 3. The smallest absolute Gasteiger partial charge is 0.360 e. The zero-order valence-electron chi connectivity index (χ0n) is 20.9. The summed E-state index contributed by atoms with van der Waals surface area (Å²) in [7, 11) is -6.87. The van der Waals surface area contributed by atoms with Crippen molar-refractivity contribution in [2.45, 2.75) is 28.5 Å². The Morgan fingerprint density at radius 1 is 0.432 bits per heavy atom. The summed E-state index contributed by atoms with van der Waals surface area (Å²) in [6.07, 6.45) is 0. The quantitative estimate of drug-likeness (QED) is 0.208. The van der Waals surface area contributed by atoms with Crippen molar-refractivity contribution in [3.05, 3.63) is 157 Å². The summed E-state index contributed by atoms with van der Waals surface area (Å²) >= 11 is 0. The monoisotopic (exact) mass is 526 g/mol. The van der Waals surface area contributed by atoms with Gasteiger partial charge in [-0.05, 0) is 71.4 Å². The highest BCUT2D eigenvalue weighted by atomic mass is 33.2. The summed E-state index contributed by atoms with van der Waals surface area (Å²) in [4.78, 5) is 2.11. The van der Waals surface area contributed by atoms with Crippen molar-refractivity contribution in [3.63, 3.8) is 0 Å². The van der Waals surface area contributed by atoms with Crippen molar-refractivity contribution in [3.8, 4) is 5.75 Å². The van der Waals surface area contributed by atoms with Gasteiger partial charge in [0.1, 0.15) is 5.75 Å². The molecule has 3 nitrogen and oxygen atoms in total. The molecular weight excluding hydrogens is 496 g/mol. The van der Waals surface area contributed by atoms with Crippen molar-refractivity contribution in [1.29, 1.82) is 0 Å². The van der Waals surface area contributed by atoms with Gasteiger partial charge >= 0.3 is 9.15 Å². The second-order valence-corrected chi connectivity index (χ2v) is 14.7. The van der Waals surface area contributed by atoms with Crippen molar-refractivity contribution in [2.75, 3.05) is 0 Å². The maximum Gasteiger partial charge on any atom is 0.360 e. The molecule has 0 atom stereocenters. The third-order valence-electron chi connectivity index (χ3n) is 5.69. The minimum Gasteiger partial charge on any atom is -0.375 e. The van der Waals surface area contributed by atoms with Crippen LogP contribution in [0.5, 0.6) is 5.75 Å². The van der Waals surface area contributed by atoms with Crippen molar-refractivity contribution in [1.82, 2.24) is 0 Å². The molecule has 0 N–H and O–H groups in total. The lowest BCUT2D eigenvalue weighted by molar-refractivity contribution is 0.503. The molecule has 0 saturated carbocycles. The molecule has 0 aromatic heterocycles. The van der Waals surface area contributed by atoms with Gasteiger partial charge in [-0.2, -0.15) is 8.42 Å². The first kappa shape index (κ1) is 26.3. The minimum absolute atomic E-state index is 0.298. The van der Waals surface area contributed by atoms with Gasteiger partial charge in [-0.15, -0.1) is 0 Å². The highest BCUT2D eigenvalue weighted by molar-refractivity contribution is 8.89. The van der Waals surface area contributed by atoms with Crippen LogP contribution < -0.4 is 4.18 Å². The van der Waals surface area contributed by atoms with Crippen molar-refractivity contribution >= 4 is 18.2 Å². The molecule has 0 spiro atoms. The Hall–Kier alpha value is -3.80. The standard InChI is InChI=1S/C24H20O3S2.C8H10/c25-29(26,27-21-13-5-1-6-14-21)28(22-15-7-2-8-16-22,23-17-9-3-10-18-23)24-19-11-4-12-20-24;1-7-3-5-8(2)6-4-7/h1-20H;3-6H,1-2H3. The first-order valence-corrected chi connectivity index (χ1v) is 15.5. The van der Waals surface area contributed by atoms with E-state index in [1.807, 2.05) is 97.1 Å². The summed E-state index contributed by atoms with van der Waals surface area (Å²) in [6.45, 7) is 4.19. The number of aryl methyl sites for hydroxylation is 2. The molecule has 0 radical (unpaired) electrons. The van der Waals surface area contributed by atoms with Crippen LogP contribution in [-0.2, 0) is 9.15 Å². The molecule has 0 heterocycles. The van der Waals surface area contributed by atoms with E-state index in [-0.39, 0.29) is 0 Å². The Balaban J connectivity index is 0.000000342. The number of benzene rings is 5. The van der Waals surface area contributed by atoms with E-state index in [2.05, 4.69) is 38.1 Å². The number of hydrogen-bond donors (Lipinski definition) is 0. The van der Waals surface area contributed by atoms with Gasteiger partial charge in [0.05, 0.1) is 0 Å². The van der Waals surface area contributed by atoms with E-state index in [0.717, 1.165) is 0 Å². The Kier molecular flexibility index (Phi) is 8.49. The van der Waals surface area contributed by atoms with Crippen molar-refractivity contribution in [2.24, 2.45) is 0 Å². The lowest BCUT2D eigenvalue weighted by atomic mass is 10.2. The average Bonchev–Trinajstić information content (AvgIpc) is 2.93. The molecule has 5 heteroatoms. The fraction of sp³-hybridized carbons (Fsp3) is 0.0625. The molecule has 0 saturated heterocycles. The fourth-order valence-electron chi connectivity index (χ4n) is 3.88. The van der Waals surface area contributed by atoms with Gasteiger partial charge in [0, 0.05) is 14.7 Å². The Bertz CT molecular complexity index is 1370. The summed E-state index contributed by atoms with van der Waals surface area (Å²) in [5.41, 5.74) is 2.66. The number of rotatable bonds is 6. The van der Waals surface area contributed by atoms with Crippen LogP contribution in [-0.4, -0.2) is 8.42 Å². The van der Waals surface area contributed by atoms with Gasteiger partial charge < -0.3 is 4.18 Å². The van der Waals surface area contributed by atoms with Crippen LogP contribution in [0.3, 0.4) is 0 Å². The first-order valence-electron chi connectivity index (χ1n) is 11.9. The van der Waals surface area contributed by atoms with Crippen LogP contribution in [0.4, 0.5) is 0 Å². The highest BCUT2D eigenvalue weighted by Gasteiger charge is 2.45. The highest BCUT2D eigenvalue weighted by Crippen LogP contribution is 2.72. The van der Waals surface area contributed by atoms with Gasteiger partial charge in [0.15, 0.2) is 0 Å². The third kappa shape index (κ3) is 5.96. The molecule has 5 aromatic rings. The Labute approximate surface area is 221 Å². The van der Waals surface area contributed by atoms with E-state index in [1.54, 1.807) is 24.3 Å². The predicted octanol–water partition coefficient (Wildman–Crippen LogP) is 8.60. The van der Waals surface area contributed by atoms with Crippen LogP contribution in [0, 0.1) is 13.8 Å². The Morgan fingerprint density at radius 2 is 0.730 bits per heavy atom. The van der Waals surface area contributed by atoms with Gasteiger partial charge in [0.2, 0.25) is 0 Å². The zero-order valence-corrected chi connectivity index (χ0v) is 22.5. The van der Waals surface area contributed by atoms with Crippen molar-refractivity contribution < 1.29 is 12.6 Å². The summed E-state index contributed by atoms with van der Waals surface area (Å²) in [5.74, 6) is 0.298. The molecule has 188 valence electrons. The lowest BCUT2D eigenvalue weighted by Crippen LogP contribution is -2.20. The van der Waals surface area contributed by atoms with Gasteiger partial charge in [0.25, 0.3) is 0 Å². The molecule has 0 aliphatic rings. The topological polar surface area (TPSA) is 43.4 Å². The summed E-state index contributed by atoms with van der Waals surface area (Å²) in [6, 6.07) is 45.1. The maximum absolute atomic E-state index is 14.0. The molecule has 5 aromatic carbocycles. The van der Waals surface area contributed by atoms with E-state index in [0.29, 0.717) is 20.4 Å². The van der Waals surface area contributed by atoms with Gasteiger partial charge in [-0.25, -0.2) is 0 Å². The molecule has 5 rings (SSSR count). The van der Waals surface area contributed by atoms with E-state index >= 15 is 0 Å². The Morgan fingerprint density at radius 3 is 1.05 bits per heavy atom. The summed E-state index contributed by atoms with van der Waals surface area (Å²) < 4.78 is 33.8.